The maximum absolute atomic E-state index is 12.5. The summed E-state index contributed by atoms with van der Waals surface area (Å²) in [4.78, 5) is 49.1. The van der Waals surface area contributed by atoms with Gasteiger partial charge >= 0.3 is 11.7 Å². The topological polar surface area (TPSA) is 113 Å². The molecular formula is C17H17BrClN3O5. The summed E-state index contributed by atoms with van der Waals surface area (Å²) < 4.78 is 7.52. The Labute approximate surface area is 167 Å². The van der Waals surface area contributed by atoms with E-state index in [1.807, 2.05) is 6.92 Å². The molecule has 0 atom stereocenters. The van der Waals surface area contributed by atoms with Crippen molar-refractivity contribution in [3.05, 3.63) is 59.7 Å². The number of aromatic nitrogens is 2. The van der Waals surface area contributed by atoms with Gasteiger partial charge in [-0.05, 0) is 24.6 Å². The fraction of sp³-hybridized carbons (Fsp3) is 0.294. The number of nitrogen functional groups attached to an aromatic ring is 1. The number of ether oxygens (including phenoxy) is 1. The number of hydrogen-bond acceptors (Lipinski definition) is 6. The summed E-state index contributed by atoms with van der Waals surface area (Å²) in [7, 11) is 1.25. The molecule has 0 spiro atoms. The van der Waals surface area contributed by atoms with Gasteiger partial charge in [0.1, 0.15) is 11.4 Å². The number of carbonyl (C=O) groups excluding carboxylic acids is 2. The number of anilines is 1. The molecule has 1 heterocycles. The van der Waals surface area contributed by atoms with E-state index < -0.39 is 35.2 Å². The highest BCUT2D eigenvalue weighted by molar-refractivity contribution is 9.10. The van der Waals surface area contributed by atoms with Gasteiger partial charge in [0.15, 0.2) is 6.61 Å². The van der Waals surface area contributed by atoms with Crippen LogP contribution in [0.25, 0.3) is 0 Å². The predicted octanol–water partition coefficient (Wildman–Crippen LogP) is 1.99. The van der Waals surface area contributed by atoms with Crippen molar-refractivity contribution in [2.75, 3.05) is 12.3 Å². The van der Waals surface area contributed by atoms with Crippen LogP contribution in [0.5, 0.6) is 0 Å². The maximum Gasteiger partial charge on any atom is 0.340 e. The summed E-state index contributed by atoms with van der Waals surface area (Å²) in [5.74, 6) is -1.88. The largest absolute Gasteiger partial charge is 0.454 e. The molecule has 144 valence electrons. The number of rotatable bonds is 6. The second-order valence-corrected chi connectivity index (χ2v) is 7.00. The number of ketones is 1. The summed E-state index contributed by atoms with van der Waals surface area (Å²) in [6.07, 6.45) is 0.576. The van der Waals surface area contributed by atoms with E-state index >= 15 is 0 Å². The van der Waals surface area contributed by atoms with Crippen LogP contribution in [0, 0.1) is 0 Å². The maximum atomic E-state index is 12.5. The highest BCUT2D eigenvalue weighted by Gasteiger charge is 2.23. The number of halogens is 2. The third kappa shape index (κ3) is 4.30. The van der Waals surface area contributed by atoms with Crippen LogP contribution < -0.4 is 17.0 Å². The molecule has 10 heteroatoms. The lowest BCUT2D eigenvalue weighted by Gasteiger charge is -2.14. The number of nitrogens with zero attached hydrogens (tertiary/aromatic N) is 2. The fourth-order valence-corrected chi connectivity index (χ4v) is 2.98. The average molecular weight is 459 g/mol. The van der Waals surface area contributed by atoms with Crippen molar-refractivity contribution in [3.63, 3.8) is 0 Å². The molecule has 0 saturated carbocycles. The number of nitrogens with two attached hydrogens (primary N) is 1. The van der Waals surface area contributed by atoms with Crippen LogP contribution in [0.2, 0.25) is 5.02 Å². The fourth-order valence-electron chi connectivity index (χ4n) is 2.42. The van der Waals surface area contributed by atoms with Gasteiger partial charge in [-0.1, -0.05) is 34.5 Å². The molecule has 0 unspecified atom stereocenters. The third-order valence-electron chi connectivity index (χ3n) is 3.79. The molecule has 0 radical (unpaired) electrons. The quantitative estimate of drug-likeness (QED) is 0.523. The van der Waals surface area contributed by atoms with E-state index in [2.05, 4.69) is 15.9 Å². The molecule has 0 aliphatic carbocycles. The standard InChI is InChI=1S/C17H17BrClN3O5/c1-3-6-22-14(20)13(15(24)21(2)17(22)26)12(23)8-27-16(25)10-7-9(18)4-5-11(10)19/h4-5,7H,3,6,8,20H2,1-2H3. The first-order chi connectivity index (χ1) is 12.7. The molecule has 8 nitrogen and oxygen atoms in total. The lowest BCUT2D eigenvalue weighted by atomic mass is 10.2. The first-order valence-electron chi connectivity index (χ1n) is 7.93. The van der Waals surface area contributed by atoms with Crippen molar-refractivity contribution in [2.24, 2.45) is 7.05 Å². The minimum atomic E-state index is -0.841. The third-order valence-corrected chi connectivity index (χ3v) is 4.61. The van der Waals surface area contributed by atoms with Crippen molar-refractivity contribution < 1.29 is 14.3 Å². The Morgan fingerprint density at radius 1 is 1.30 bits per heavy atom. The molecule has 1 aromatic carbocycles. The van der Waals surface area contributed by atoms with Crippen molar-refractivity contribution >= 4 is 45.1 Å². The van der Waals surface area contributed by atoms with Gasteiger partial charge in [-0.3, -0.25) is 18.7 Å². The molecule has 0 aliphatic rings. The van der Waals surface area contributed by atoms with Crippen LogP contribution in [0.15, 0.2) is 32.3 Å². The zero-order valence-electron chi connectivity index (χ0n) is 14.6. The molecule has 27 heavy (non-hydrogen) atoms. The average Bonchev–Trinajstić information content (AvgIpc) is 2.63. The van der Waals surface area contributed by atoms with E-state index in [0.717, 1.165) is 9.13 Å². The van der Waals surface area contributed by atoms with Crippen LogP contribution in [-0.2, 0) is 18.3 Å². The number of hydrogen-bond donors (Lipinski definition) is 1. The van der Waals surface area contributed by atoms with E-state index in [0.29, 0.717) is 10.9 Å². The normalized spacial score (nSPS) is 10.7. The lowest BCUT2D eigenvalue weighted by Crippen LogP contribution is -2.43. The van der Waals surface area contributed by atoms with Crippen molar-refractivity contribution in [3.8, 4) is 0 Å². The Bertz CT molecular complexity index is 1030. The van der Waals surface area contributed by atoms with Crippen molar-refractivity contribution in [1.29, 1.82) is 0 Å². The van der Waals surface area contributed by atoms with Crippen molar-refractivity contribution in [2.45, 2.75) is 19.9 Å². The monoisotopic (exact) mass is 457 g/mol. The van der Waals surface area contributed by atoms with Crippen LogP contribution in [0.1, 0.15) is 34.1 Å². The summed E-state index contributed by atoms with van der Waals surface area (Å²) >= 11 is 9.16. The Balaban J connectivity index is 2.31. The first-order valence-corrected chi connectivity index (χ1v) is 9.10. The molecule has 0 amide bonds. The van der Waals surface area contributed by atoms with Gasteiger partial charge in [-0.25, -0.2) is 9.59 Å². The van der Waals surface area contributed by atoms with Gasteiger partial charge in [0, 0.05) is 18.1 Å². The van der Waals surface area contributed by atoms with Gasteiger partial charge in [0.2, 0.25) is 5.78 Å². The molecule has 0 fully saturated rings. The minimum absolute atomic E-state index is 0.0654. The molecule has 2 aromatic rings. The Morgan fingerprint density at radius 2 is 1.96 bits per heavy atom. The summed E-state index contributed by atoms with van der Waals surface area (Å²) in [5, 5.41) is 0.155. The SMILES string of the molecule is CCCn1c(N)c(C(=O)COC(=O)c2cc(Br)ccc2Cl)c(=O)n(C)c1=O. The zero-order chi connectivity index (χ0) is 20.3. The summed E-state index contributed by atoms with van der Waals surface area (Å²) in [5.41, 5.74) is 4.08. The lowest BCUT2D eigenvalue weighted by molar-refractivity contribution is 0.0474. The van der Waals surface area contributed by atoms with Gasteiger partial charge in [-0.2, -0.15) is 0 Å². The van der Waals surface area contributed by atoms with Crippen molar-refractivity contribution in [1.82, 2.24) is 9.13 Å². The highest BCUT2D eigenvalue weighted by Crippen LogP contribution is 2.21. The Kier molecular flexibility index (Phi) is 6.61. The van der Waals surface area contributed by atoms with Crippen LogP contribution in [0.3, 0.4) is 0 Å². The second kappa shape index (κ2) is 8.53. The first kappa shape index (κ1) is 20.9. The number of esters is 1. The van der Waals surface area contributed by atoms with Gasteiger partial charge < -0.3 is 10.5 Å². The van der Waals surface area contributed by atoms with Crippen LogP contribution in [0.4, 0.5) is 5.82 Å². The molecular weight excluding hydrogens is 442 g/mol. The van der Waals surface area contributed by atoms with Crippen LogP contribution >= 0.6 is 27.5 Å². The zero-order valence-corrected chi connectivity index (χ0v) is 17.0. The van der Waals surface area contributed by atoms with E-state index in [1.54, 1.807) is 6.07 Å². The molecule has 2 rings (SSSR count). The molecule has 0 saturated heterocycles. The Hall–Kier alpha value is -2.39. The van der Waals surface area contributed by atoms with E-state index in [4.69, 9.17) is 22.1 Å². The van der Waals surface area contributed by atoms with E-state index in [-0.39, 0.29) is 22.9 Å². The predicted molar refractivity (Wildman–Crippen MR) is 104 cm³/mol. The van der Waals surface area contributed by atoms with Gasteiger partial charge in [-0.15, -0.1) is 0 Å². The van der Waals surface area contributed by atoms with Gasteiger partial charge in [0.25, 0.3) is 5.56 Å². The Morgan fingerprint density at radius 3 is 2.59 bits per heavy atom. The van der Waals surface area contributed by atoms with E-state index in [9.17, 15) is 19.2 Å². The second-order valence-electron chi connectivity index (χ2n) is 5.68. The van der Waals surface area contributed by atoms with Gasteiger partial charge in [0.05, 0.1) is 10.6 Å². The summed E-state index contributed by atoms with van der Waals surface area (Å²) in [6, 6.07) is 4.59. The van der Waals surface area contributed by atoms with E-state index in [1.165, 1.54) is 19.2 Å². The molecule has 2 N–H and O–H groups in total. The molecule has 0 bridgehead atoms. The highest BCUT2D eigenvalue weighted by atomic mass is 79.9. The number of carbonyl (C=O) groups is 2. The number of benzene rings is 1. The molecule has 0 aliphatic heterocycles. The summed E-state index contributed by atoms with van der Waals surface area (Å²) in [6.45, 7) is 1.35. The molecule has 1 aromatic heterocycles. The minimum Gasteiger partial charge on any atom is -0.454 e. The number of Topliss-reactive ketones (excluding diaryl/α,β-unsaturated/α-hetero) is 1. The van der Waals surface area contributed by atoms with Crippen LogP contribution in [-0.4, -0.2) is 27.5 Å². The smallest absolute Gasteiger partial charge is 0.340 e.